The second kappa shape index (κ2) is 9.16. The van der Waals surface area contributed by atoms with Gasteiger partial charge in [-0.25, -0.2) is 0 Å². The minimum atomic E-state index is -0.366. The molecule has 0 aliphatic heterocycles. The highest BCUT2D eigenvalue weighted by Gasteiger charge is 2.26. The van der Waals surface area contributed by atoms with Crippen LogP contribution in [0.4, 0.5) is 0 Å². The summed E-state index contributed by atoms with van der Waals surface area (Å²) in [5.41, 5.74) is 6.97. The van der Waals surface area contributed by atoms with Gasteiger partial charge >= 0.3 is 0 Å². The molecule has 0 spiro atoms. The fraction of sp³-hybridized carbons (Fsp3) is 0.571. The minimum Gasteiger partial charge on any atom is -0.346 e. The van der Waals surface area contributed by atoms with Crippen molar-refractivity contribution in [2.45, 2.75) is 39.7 Å². The Morgan fingerprint density at radius 2 is 2.00 bits per heavy atom. The molecule has 20 heavy (non-hydrogen) atoms. The highest BCUT2D eigenvalue weighted by atomic mass is 35.5. The molecular weight excluding hydrogens is 297 g/mol. The lowest BCUT2D eigenvalue weighted by Gasteiger charge is -2.31. The second-order valence-corrected chi connectivity index (χ2v) is 5.57. The van der Waals surface area contributed by atoms with E-state index in [-0.39, 0.29) is 36.3 Å². The molecule has 1 rings (SSSR count). The third kappa shape index (κ3) is 6.55. The summed E-state index contributed by atoms with van der Waals surface area (Å²) in [6.45, 7) is 8.56. The first-order valence-corrected chi connectivity index (χ1v) is 6.30. The highest BCUT2D eigenvalue weighted by Crippen LogP contribution is 2.16. The number of carbonyl (C=O) groups excluding carboxylic acids is 1. The summed E-state index contributed by atoms with van der Waals surface area (Å²) in [7, 11) is 0. The topological polar surface area (TPSA) is 68.0 Å². The molecule has 1 aromatic heterocycles. The maximum atomic E-state index is 12.1. The van der Waals surface area contributed by atoms with Crippen LogP contribution in [0.2, 0.25) is 0 Å². The number of aromatic nitrogens is 1. The summed E-state index contributed by atoms with van der Waals surface area (Å²) in [6.07, 6.45) is 4.16. The number of amides is 1. The van der Waals surface area contributed by atoms with E-state index in [4.69, 9.17) is 5.73 Å². The van der Waals surface area contributed by atoms with E-state index in [1.807, 2.05) is 19.9 Å². The molecule has 4 nitrogen and oxygen atoms in total. The van der Waals surface area contributed by atoms with Crippen LogP contribution in [0.15, 0.2) is 18.5 Å². The number of nitrogens with one attached hydrogen (secondary N) is 1. The Kier molecular flexibility index (Phi) is 9.83. The number of nitrogens with zero attached hydrogens (tertiary/aromatic N) is 1. The highest BCUT2D eigenvalue weighted by molar-refractivity contribution is 5.94. The van der Waals surface area contributed by atoms with Gasteiger partial charge in [-0.05, 0) is 37.8 Å². The summed E-state index contributed by atoms with van der Waals surface area (Å²) >= 11 is 0. The standard InChI is InChI=1S/C14H23N3O.2ClH/c1-10(2)6-14(4,9-15)17-13(18)12-5-11(3)7-16-8-12;;/h5,7-8,10H,6,9,15H2,1-4H3,(H,17,18);2*1H. The van der Waals surface area contributed by atoms with Gasteiger partial charge in [-0.3, -0.25) is 9.78 Å². The van der Waals surface area contributed by atoms with Gasteiger partial charge in [0.05, 0.1) is 5.56 Å². The lowest BCUT2D eigenvalue weighted by atomic mass is 9.90. The van der Waals surface area contributed by atoms with Crippen LogP contribution < -0.4 is 11.1 Å². The minimum absolute atomic E-state index is 0. The fourth-order valence-electron chi connectivity index (χ4n) is 2.11. The predicted molar refractivity (Wildman–Crippen MR) is 87.9 cm³/mol. The average molecular weight is 322 g/mol. The molecule has 1 aromatic rings. The molecule has 0 aliphatic rings. The van der Waals surface area contributed by atoms with Crippen LogP contribution in [0.25, 0.3) is 0 Å². The van der Waals surface area contributed by atoms with Gasteiger partial charge < -0.3 is 11.1 Å². The van der Waals surface area contributed by atoms with Gasteiger partial charge in [0.2, 0.25) is 0 Å². The molecule has 0 radical (unpaired) electrons. The Morgan fingerprint density at radius 3 is 2.45 bits per heavy atom. The van der Waals surface area contributed by atoms with Crippen LogP contribution in [-0.4, -0.2) is 23.0 Å². The summed E-state index contributed by atoms with van der Waals surface area (Å²) in [6, 6.07) is 1.83. The summed E-state index contributed by atoms with van der Waals surface area (Å²) in [5.74, 6) is 0.370. The van der Waals surface area contributed by atoms with Crippen LogP contribution in [0.3, 0.4) is 0 Å². The molecule has 116 valence electrons. The zero-order chi connectivity index (χ0) is 13.8. The second-order valence-electron chi connectivity index (χ2n) is 5.57. The van der Waals surface area contributed by atoms with Crippen molar-refractivity contribution >= 4 is 30.7 Å². The van der Waals surface area contributed by atoms with Crippen molar-refractivity contribution in [3.8, 4) is 0 Å². The van der Waals surface area contributed by atoms with E-state index in [1.54, 1.807) is 12.4 Å². The maximum Gasteiger partial charge on any atom is 0.253 e. The molecule has 1 heterocycles. The van der Waals surface area contributed by atoms with E-state index in [9.17, 15) is 4.79 Å². The lowest BCUT2D eigenvalue weighted by molar-refractivity contribution is 0.0898. The first-order valence-electron chi connectivity index (χ1n) is 6.30. The number of aryl methyl sites for hydroxylation is 1. The smallest absolute Gasteiger partial charge is 0.253 e. The van der Waals surface area contributed by atoms with E-state index >= 15 is 0 Å². The first-order chi connectivity index (χ1) is 8.36. The third-order valence-corrected chi connectivity index (χ3v) is 2.86. The van der Waals surface area contributed by atoms with E-state index in [0.29, 0.717) is 18.0 Å². The molecule has 6 heteroatoms. The van der Waals surface area contributed by atoms with E-state index in [1.165, 1.54) is 0 Å². The molecule has 0 bridgehead atoms. The van der Waals surface area contributed by atoms with Gasteiger partial charge in [-0.1, -0.05) is 13.8 Å². The number of rotatable bonds is 5. The summed E-state index contributed by atoms with van der Waals surface area (Å²) in [4.78, 5) is 16.2. The monoisotopic (exact) mass is 321 g/mol. The molecule has 0 aromatic carbocycles. The predicted octanol–water partition coefficient (Wildman–Crippen LogP) is 2.73. The first kappa shape index (κ1) is 21.5. The molecule has 0 fully saturated rings. The fourth-order valence-corrected chi connectivity index (χ4v) is 2.11. The van der Waals surface area contributed by atoms with Gasteiger partial charge in [-0.2, -0.15) is 0 Å². The van der Waals surface area contributed by atoms with Gasteiger partial charge in [0.15, 0.2) is 0 Å². The number of nitrogens with two attached hydrogens (primary N) is 1. The Balaban J connectivity index is 0. The summed E-state index contributed by atoms with van der Waals surface area (Å²) < 4.78 is 0. The largest absolute Gasteiger partial charge is 0.346 e. The molecule has 3 N–H and O–H groups in total. The van der Waals surface area contributed by atoms with E-state index in [0.717, 1.165) is 12.0 Å². The Bertz CT molecular complexity index is 427. The zero-order valence-electron chi connectivity index (χ0n) is 12.5. The van der Waals surface area contributed by atoms with Crippen molar-refractivity contribution in [3.63, 3.8) is 0 Å². The third-order valence-electron chi connectivity index (χ3n) is 2.86. The quantitative estimate of drug-likeness (QED) is 0.876. The molecule has 0 saturated carbocycles. The van der Waals surface area contributed by atoms with Crippen molar-refractivity contribution in [2.75, 3.05) is 6.54 Å². The molecule has 1 atom stereocenters. The molecule has 0 aliphatic carbocycles. The van der Waals surface area contributed by atoms with Crippen molar-refractivity contribution in [1.29, 1.82) is 0 Å². The molecule has 1 unspecified atom stereocenters. The normalized spacial score (nSPS) is 12.9. The van der Waals surface area contributed by atoms with Crippen molar-refractivity contribution < 1.29 is 4.79 Å². The SMILES string of the molecule is Cc1cncc(C(=O)NC(C)(CN)CC(C)C)c1.Cl.Cl. The maximum absolute atomic E-state index is 12.1. The Labute approximate surface area is 133 Å². The van der Waals surface area contributed by atoms with Crippen LogP contribution in [0.1, 0.15) is 43.1 Å². The van der Waals surface area contributed by atoms with Crippen molar-refractivity contribution in [1.82, 2.24) is 10.3 Å². The number of hydrogen-bond donors (Lipinski definition) is 2. The molecule has 0 saturated heterocycles. The van der Waals surface area contributed by atoms with Crippen molar-refractivity contribution in [3.05, 3.63) is 29.6 Å². The van der Waals surface area contributed by atoms with Crippen LogP contribution in [0.5, 0.6) is 0 Å². The van der Waals surface area contributed by atoms with Gasteiger partial charge in [-0.15, -0.1) is 24.8 Å². The van der Waals surface area contributed by atoms with Crippen molar-refractivity contribution in [2.24, 2.45) is 11.7 Å². The number of halogens is 2. The Morgan fingerprint density at radius 1 is 1.40 bits per heavy atom. The van der Waals surface area contributed by atoms with Gasteiger partial charge in [0, 0.05) is 24.5 Å². The van der Waals surface area contributed by atoms with E-state index in [2.05, 4.69) is 24.1 Å². The van der Waals surface area contributed by atoms with Crippen LogP contribution >= 0.6 is 24.8 Å². The van der Waals surface area contributed by atoms with E-state index < -0.39 is 0 Å². The zero-order valence-corrected chi connectivity index (χ0v) is 14.1. The average Bonchev–Trinajstić information content (AvgIpc) is 2.27. The number of pyridine rings is 1. The molecule has 1 amide bonds. The van der Waals surface area contributed by atoms with Crippen LogP contribution in [-0.2, 0) is 0 Å². The summed E-state index contributed by atoms with van der Waals surface area (Å²) in [5, 5.41) is 3.01. The molecular formula is C14H25Cl2N3O. The van der Waals surface area contributed by atoms with Crippen LogP contribution in [0, 0.1) is 12.8 Å². The van der Waals surface area contributed by atoms with Gasteiger partial charge in [0.1, 0.15) is 0 Å². The van der Waals surface area contributed by atoms with Gasteiger partial charge in [0.25, 0.3) is 5.91 Å². The Hall–Kier alpha value is -0.840. The number of carbonyl (C=O) groups is 1. The lowest BCUT2D eigenvalue weighted by Crippen LogP contribution is -2.52. The number of hydrogen-bond acceptors (Lipinski definition) is 3.